The smallest absolute Gasteiger partial charge is 0.422 e. The van der Waals surface area contributed by atoms with E-state index in [9.17, 15) is 31.5 Å². The number of esters is 1. The molecule has 1 rings (SSSR count). The van der Waals surface area contributed by atoms with Crippen molar-refractivity contribution >= 4 is 5.97 Å². The van der Waals surface area contributed by atoms with Crippen molar-refractivity contribution in [2.75, 3.05) is 6.61 Å². The van der Waals surface area contributed by atoms with Crippen LogP contribution in [0.5, 0.6) is 0 Å². The number of aromatic amines is 1. The van der Waals surface area contributed by atoms with Crippen molar-refractivity contribution in [1.29, 1.82) is 0 Å². The van der Waals surface area contributed by atoms with E-state index < -0.39 is 41.0 Å². The molecule has 0 aliphatic rings. The molecule has 1 aromatic rings. The zero-order valence-corrected chi connectivity index (χ0v) is 9.48. The molecule has 19 heavy (non-hydrogen) atoms. The summed E-state index contributed by atoms with van der Waals surface area (Å²) in [5.41, 5.74) is -5.97. The van der Waals surface area contributed by atoms with Crippen LogP contribution in [0.25, 0.3) is 0 Å². The van der Waals surface area contributed by atoms with Gasteiger partial charge in [-0.3, -0.25) is 4.79 Å². The van der Waals surface area contributed by atoms with E-state index in [1.54, 1.807) is 4.98 Å². The molecule has 0 saturated carbocycles. The third-order valence-corrected chi connectivity index (χ3v) is 2.05. The van der Waals surface area contributed by atoms with E-state index in [-0.39, 0.29) is 12.7 Å². The number of ether oxygens (including phenoxy) is 1. The second-order valence-electron chi connectivity index (χ2n) is 3.36. The van der Waals surface area contributed by atoms with Crippen molar-refractivity contribution in [2.45, 2.75) is 19.5 Å². The summed E-state index contributed by atoms with van der Waals surface area (Å²) >= 11 is 0. The predicted octanol–water partition coefficient (Wildman–Crippen LogP) is 2.51. The largest absolute Gasteiger partial charge is 0.461 e. The highest BCUT2D eigenvalue weighted by Crippen LogP contribution is 2.30. The molecular weight excluding hydrogens is 277 g/mol. The third kappa shape index (κ3) is 3.30. The average Bonchev–Trinajstić information content (AvgIpc) is 2.26. The fourth-order valence-corrected chi connectivity index (χ4v) is 1.33. The minimum atomic E-state index is -5.16. The van der Waals surface area contributed by atoms with E-state index in [1.807, 2.05) is 0 Å². The molecule has 4 nitrogen and oxygen atoms in total. The second kappa shape index (κ2) is 5.37. The van der Waals surface area contributed by atoms with Gasteiger partial charge in [0.2, 0.25) is 0 Å². The summed E-state index contributed by atoms with van der Waals surface area (Å²) in [4.78, 5) is 24.1. The molecule has 0 aliphatic carbocycles. The highest BCUT2D eigenvalue weighted by Gasteiger charge is 2.40. The molecule has 106 valence electrons. The molecule has 0 unspecified atom stereocenters. The number of carbonyl (C=O) groups excluding carboxylic acids is 1. The Morgan fingerprint density at radius 3 is 2.42 bits per heavy atom. The van der Waals surface area contributed by atoms with Gasteiger partial charge in [-0.15, -0.1) is 0 Å². The van der Waals surface area contributed by atoms with Crippen molar-refractivity contribution in [3.05, 3.63) is 33.2 Å². The molecular formula is C10H8F5NO3. The molecule has 1 N–H and O–H groups in total. The van der Waals surface area contributed by atoms with Gasteiger partial charge in [0, 0.05) is 6.07 Å². The van der Waals surface area contributed by atoms with E-state index in [2.05, 4.69) is 4.74 Å². The molecule has 1 heterocycles. The Morgan fingerprint density at radius 1 is 1.42 bits per heavy atom. The van der Waals surface area contributed by atoms with E-state index in [0.29, 0.717) is 0 Å². The van der Waals surface area contributed by atoms with Gasteiger partial charge in [0.25, 0.3) is 6.43 Å². The van der Waals surface area contributed by atoms with Crippen LogP contribution in [0.3, 0.4) is 0 Å². The topological polar surface area (TPSA) is 59.2 Å². The molecule has 0 saturated heterocycles. The molecule has 0 aromatic carbocycles. The molecule has 0 fully saturated rings. The summed E-state index contributed by atoms with van der Waals surface area (Å²) < 4.78 is 67.0. The highest BCUT2D eigenvalue weighted by molar-refractivity contribution is 5.89. The van der Waals surface area contributed by atoms with Gasteiger partial charge in [-0.05, 0) is 6.92 Å². The van der Waals surface area contributed by atoms with Crippen molar-refractivity contribution in [2.24, 2.45) is 0 Å². The van der Waals surface area contributed by atoms with Crippen LogP contribution in [0.1, 0.15) is 35.1 Å². The van der Waals surface area contributed by atoms with Crippen molar-refractivity contribution in [3.63, 3.8) is 0 Å². The Balaban J connectivity index is 3.54. The number of alkyl halides is 5. The van der Waals surface area contributed by atoms with Gasteiger partial charge in [-0.2, -0.15) is 13.2 Å². The van der Waals surface area contributed by atoms with Gasteiger partial charge >= 0.3 is 12.1 Å². The molecule has 0 atom stereocenters. The van der Waals surface area contributed by atoms with Crippen LogP contribution in [0.2, 0.25) is 0 Å². The number of hydrogen-bond donors (Lipinski definition) is 1. The predicted molar refractivity (Wildman–Crippen MR) is 53.0 cm³/mol. The number of hydrogen-bond acceptors (Lipinski definition) is 3. The molecule has 0 radical (unpaired) electrons. The Morgan fingerprint density at radius 2 is 2.00 bits per heavy atom. The maximum Gasteiger partial charge on any atom is 0.422 e. The maximum absolute atomic E-state index is 12.6. The van der Waals surface area contributed by atoms with Crippen LogP contribution in [0, 0.1) is 0 Å². The van der Waals surface area contributed by atoms with Gasteiger partial charge in [0.1, 0.15) is 11.3 Å². The van der Waals surface area contributed by atoms with E-state index in [0.717, 1.165) is 0 Å². The van der Waals surface area contributed by atoms with Crippen LogP contribution in [-0.4, -0.2) is 17.6 Å². The molecule has 0 amide bonds. The average molecular weight is 285 g/mol. The lowest BCUT2D eigenvalue weighted by Gasteiger charge is -2.12. The molecule has 0 bridgehead atoms. The number of nitrogens with one attached hydrogen (secondary N) is 1. The Labute approximate surface area is 103 Å². The minimum absolute atomic E-state index is 0.107. The van der Waals surface area contributed by atoms with Gasteiger partial charge < -0.3 is 9.72 Å². The number of aromatic nitrogens is 1. The van der Waals surface area contributed by atoms with E-state index >= 15 is 0 Å². The van der Waals surface area contributed by atoms with Crippen molar-refractivity contribution in [3.8, 4) is 0 Å². The van der Waals surface area contributed by atoms with E-state index in [4.69, 9.17) is 0 Å². The fraction of sp³-hybridized carbons (Fsp3) is 0.400. The minimum Gasteiger partial charge on any atom is -0.461 e. The zero-order valence-electron chi connectivity index (χ0n) is 9.48. The summed E-state index contributed by atoms with van der Waals surface area (Å²) in [6.07, 6.45) is -8.38. The fourth-order valence-electron chi connectivity index (χ4n) is 1.33. The normalized spacial score (nSPS) is 11.7. The monoisotopic (exact) mass is 285 g/mol. The van der Waals surface area contributed by atoms with Crippen LogP contribution >= 0.6 is 0 Å². The zero-order chi connectivity index (χ0) is 14.8. The first kappa shape index (κ1) is 15.1. The second-order valence-corrected chi connectivity index (χ2v) is 3.36. The van der Waals surface area contributed by atoms with Crippen LogP contribution in [-0.2, 0) is 10.9 Å². The molecule has 0 spiro atoms. The molecule has 1 aromatic heterocycles. The number of carbonyl (C=O) groups is 1. The Hall–Kier alpha value is -1.93. The van der Waals surface area contributed by atoms with Crippen molar-refractivity contribution < 1.29 is 31.5 Å². The van der Waals surface area contributed by atoms with Gasteiger partial charge in [0.15, 0.2) is 5.43 Å². The van der Waals surface area contributed by atoms with Crippen LogP contribution < -0.4 is 5.43 Å². The first-order chi connectivity index (χ1) is 8.68. The number of pyridine rings is 1. The lowest BCUT2D eigenvalue weighted by atomic mass is 10.1. The summed E-state index contributed by atoms with van der Waals surface area (Å²) in [5, 5.41) is 0. The molecule has 9 heteroatoms. The quantitative estimate of drug-likeness (QED) is 0.685. The number of rotatable bonds is 3. The number of halogens is 5. The van der Waals surface area contributed by atoms with E-state index in [1.165, 1.54) is 6.92 Å². The summed E-state index contributed by atoms with van der Waals surface area (Å²) in [6.45, 7) is 1.05. The third-order valence-electron chi connectivity index (χ3n) is 2.05. The van der Waals surface area contributed by atoms with Gasteiger partial charge in [-0.25, -0.2) is 13.6 Å². The SMILES string of the molecule is CCOC(=O)c1[nH]c(C(F)F)cc(=O)c1C(F)(F)F. The summed E-state index contributed by atoms with van der Waals surface area (Å²) in [7, 11) is 0. The lowest BCUT2D eigenvalue weighted by Crippen LogP contribution is -2.27. The summed E-state index contributed by atoms with van der Waals surface area (Å²) in [5.74, 6) is -1.52. The van der Waals surface area contributed by atoms with Crippen molar-refractivity contribution in [1.82, 2.24) is 4.98 Å². The first-order valence-corrected chi connectivity index (χ1v) is 4.98. The standard InChI is InChI=1S/C10H8F5NO3/c1-2-19-9(18)7-6(10(13,14)15)5(17)3-4(16-7)8(11)12/h3,8H,2H2,1H3,(H,16,17). The Kier molecular flexibility index (Phi) is 4.28. The van der Waals surface area contributed by atoms with Gasteiger partial charge in [-0.1, -0.05) is 0 Å². The number of H-pyrrole nitrogens is 1. The Bertz CT molecular complexity index is 535. The van der Waals surface area contributed by atoms with Gasteiger partial charge in [0.05, 0.1) is 12.3 Å². The molecule has 0 aliphatic heterocycles. The van der Waals surface area contributed by atoms with Crippen LogP contribution in [0.4, 0.5) is 22.0 Å². The first-order valence-electron chi connectivity index (χ1n) is 4.98. The maximum atomic E-state index is 12.6. The van der Waals surface area contributed by atoms with Crippen LogP contribution in [0.15, 0.2) is 10.9 Å². The summed E-state index contributed by atoms with van der Waals surface area (Å²) in [6, 6.07) is 0.107. The highest BCUT2D eigenvalue weighted by atomic mass is 19.4. The lowest BCUT2D eigenvalue weighted by molar-refractivity contribution is -0.139.